The number of ketones is 1. The van der Waals surface area contributed by atoms with E-state index >= 15 is 0 Å². The predicted molar refractivity (Wildman–Crippen MR) is 77.8 cm³/mol. The molecule has 1 atom stereocenters. The molecule has 1 aromatic heterocycles. The largest absolute Gasteiger partial charge is 0.434 e. The Morgan fingerprint density at radius 3 is 2.73 bits per heavy atom. The van der Waals surface area contributed by atoms with Gasteiger partial charge in [-0.05, 0) is 21.5 Å². The van der Waals surface area contributed by atoms with Crippen LogP contribution in [0.3, 0.4) is 0 Å². The van der Waals surface area contributed by atoms with Crippen LogP contribution >= 0.6 is 15.9 Å². The van der Waals surface area contributed by atoms with Crippen LogP contribution < -0.4 is 4.90 Å². The van der Waals surface area contributed by atoms with E-state index in [2.05, 4.69) is 21.0 Å². The maximum Gasteiger partial charge on any atom is 0.434 e. The number of alkyl halides is 3. The molecule has 116 valence electrons. The number of nitrogens with one attached hydrogen (secondary N) is 1. The van der Waals surface area contributed by atoms with Gasteiger partial charge in [0, 0.05) is 19.0 Å². The van der Waals surface area contributed by atoms with E-state index in [0.717, 1.165) is 5.56 Å². The van der Waals surface area contributed by atoms with Crippen LogP contribution in [0.2, 0.25) is 0 Å². The Morgan fingerprint density at radius 1 is 1.36 bits per heavy atom. The first-order chi connectivity index (χ1) is 10.3. The number of rotatable bonds is 2. The van der Waals surface area contributed by atoms with Gasteiger partial charge in [-0.15, -0.1) is 0 Å². The van der Waals surface area contributed by atoms with E-state index in [-0.39, 0.29) is 22.5 Å². The topological polar surface area (TPSA) is 49.0 Å². The molecule has 1 heterocycles. The molecule has 0 aliphatic heterocycles. The van der Waals surface area contributed by atoms with Crippen molar-refractivity contribution < 1.29 is 18.0 Å². The highest BCUT2D eigenvalue weighted by Crippen LogP contribution is 2.44. The molecule has 2 aromatic rings. The standard InChI is InChI=1S/C14H11BrF3N3O/c1-21(11-12(14(16,17)18)19-20-13(11)15)9-6-10(22)8-5-3-2-4-7(8)9/h2-5,9H,6H2,1H3,(H,19,20). The van der Waals surface area contributed by atoms with Crippen LogP contribution in [0.4, 0.5) is 18.9 Å². The average Bonchev–Trinajstić information content (AvgIpc) is 3.00. The van der Waals surface area contributed by atoms with E-state index in [1.807, 2.05) is 5.10 Å². The summed E-state index contributed by atoms with van der Waals surface area (Å²) in [7, 11) is 1.53. The van der Waals surface area contributed by atoms with Gasteiger partial charge in [0.15, 0.2) is 16.1 Å². The van der Waals surface area contributed by atoms with Crippen molar-refractivity contribution in [1.29, 1.82) is 0 Å². The van der Waals surface area contributed by atoms with Crippen molar-refractivity contribution in [3.05, 3.63) is 45.7 Å². The summed E-state index contributed by atoms with van der Waals surface area (Å²) < 4.78 is 39.4. The number of Topliss-reactive ketones (excluding diaryl/α,β-unsaturated/α-hetero) is 1. The second kappa shape index (κ2) is 5.12. The zero-order valence-corrected chi connectivity index (χ0v) is 13.0. The van der Waals surface area contributed by atoms with Crippen molar-refractivity contribution in [2.24, 2.45) is 0 Å². The first-order valence-corrected chi connectivity index (χ1v) is 7.26. The third kappa shape index (κ3) is 2.31. The maximum absolute atomic E-state index is 13.1. The second-order valence-corrected chi connectivity index (χ2v) is 5.83. The molecule has 0 amide bonds. The predicted octanol–water partition coefficient (Wildman–Crippen LogP) is 3.95. The van der Waals surface area contributed by atoms with Gasteiger partial charge in [-0.3, -0.25) is 9.89 Å². The molecule has 0 bridgehead atoms. The Labute approximate surface area is 132 Å². The third-order valence-electron chi connectivity index (χ3n) is 3.80. The van der Waals surface area contributed by atoms with Crippen LogP contribution in [0.25, 0.3) is 0 Å². The van der Waals surface area contributed by atoms with Crippen LogP contribution in [0, 0.1) is 0 Å². The van der Waals surface area contributed by atoms with Crippen LogP contribution in [0.5, 0.6) is 0 Å². The Balaban J connectivity index is 2.05. The molecular formula is C14H11BrF3N3O. The van der Waals surface area contributed by atoms with Gasteiger partial charge < -0.3 is 4.90 Å². The van der Waals surface area contributed by atoms with Crippen molar-refractivity contribution in [2.45, 2.75) is 18.6 Å². The van der Waals surface area contributed by atoms with Gasteiger partial charge in [-0.25, -0.2) is 0 Å². The van der Waals surface area contributed by atoms with Crippen molar-refractivity contribution in [2.75, 3.05) is 11.9 Å². The number of hydrogen-bond acceptors (Lipinski definition) is 3. The average molecular weight is 374 g/mol. The van der Waals surface area contributed by atoms with E-state index in [0.29, 0.717) is 5.56 Å². The van der Waals surface area contributed by atoms with Crippen LogP contribution in [-0.4, -0.2) is 23.0 Å². The summed E-state index contributed by atoms with van der Waals surface area (Å²) in [6.07, 6.45) is -4.41. The number of nitrogens with zero attached hydrogens (tertiary/aromatic N) is 2. The lowest BCUT2D eigenvalue weighted by Gasteiger charge is -2.27. The molecule has 0 fully saturated rings. The maximum atomic E-state index is 13.1. The number of carbonyl (C=O) groups excluding carboxylic acids is 1. The third-order valence-corrected chi connectivity index (χ3v) is 4.35. The number of aromatic amines is 1. The fourth-order valence-electron chi connectivity index (χ4n) is 2.77. The number of carbonyl (C=O) groups is 1. The summed E-state index contributed by atoms with van der Waals surface area (Å²) in [5.74, 6) is -0.0689. The Bertz CT molecular complexity index is 741. The lowest BCUT2D eigenvalue weighted by molar-refractivity contribution is -0.140. The second-order valence-electron chi connectivity index (χ2n) is 5.08. The van der Waals surface area contributed by atoms with Gasteiger partial charge in [0.05, 0.1) is 6.04 Å². The number of aromatic nitrogens is 2. The van der Waals surface area contributed by atoms with E-state index in [4.69, 9.17) is 0 Å². The number of benzene rings is 1. The van der Waals surface area contributed by atoms with Crippen molar-refractivity contribution in [1.82, 2.24) is 10.2 Å². The first kappa shape index (κ1) is 15.1. The SMILES string of the molecule is CN(c1c(Br)n[nH]c1C(F)(F)F)C1CC(=O)c2ccccc21. The molecule has 0 radical (unpaired) electrons. The van der Waals surface area contributed by atoms with Gasteiger partial charge in [-0.1, -0.05) is 24.3 Å². The molecule has 1 aliphatic rings. The van der Waals surface area contributed by atoms with Gasteiger partial charge in [0.25, 0.3) is 0 Å². The quantitative estimate of drug-likeness (QED) is 0.866. The molecular weight excluding hydrogens is 363 g/mol. The lowest BCUT2D eigenvalue weighted by atomic mass is 10.1. The summed E-state index contributed by atoms with van der Waals surface area (Å²) in [4.78, 5) is 13.5. The van der Waals surface area contributed by atoms with Crippen LogP contribution in [0.15, 0.2) is 28.9 Å². The number of hydrogen-bond donors (Lipinski definition) is 1. The molecule has 0 spiro atoms. The molecule has 8 heteroatoms. The number of anilines is 1. The highest BCUT2D eigenvalue weighted by Gasteiger charge is 2.41. The van der Waals surface area contributed by atoms with Gasteiger partial charge >= 0.3 is 6.18 Å². The minimum atomic E-state index is -4.55. The van der Waals surface area contributed by atoms with E-state index in [1.165, 1.54) is 11.9 Å². The van der Waals surface area contributed by atoms with Crippen molar-refractivity contribution >= 4 is 27.4 Å². The minimum Gasteiger partial charge on any atom is -0.363 e. The number of fused-ring (bicyclic) bond motifs is 1. The zero-order valence-electron chi connectivity index (χ0n) is 11.4. The van der Waals surface area contributed by atoms with E-state index < -0.39 is 17.9 Å². The van der Waals surface area contributed by atoms with E-state index in [9.17, 15) is 18.0 Å². The molecule has 1 aromatic carbocycles. The molecule has 3 rings (SSSR count). The molecule has 1 unspecified atom stereocenters. The molecule has 0 saturated carbocycles. The fourth-order valence-corrected chi connectivity index (χ4v) is 3.34. The molecule has 4 nitrogen and oxygen atoms in total. The zero-order chi connectivity index (χ0) is 16.1. The summed E-state index contributed by atoms with van der Waals surface area (Å²) >= 11 is 3.04. The highest BCUT2D eigenvalue weighted by atomic mass is 79.9. The summed E-state index contributed by atoms with van der Waals surface area (Å²) in [6, 6.07) is 6.53. The fraction of sp³-hybridized carbons (Fsp3) is 0.286. The highest BCUT2D eigenvalue weighted by molar-refractivity contribution is 9.10. The smallest absolute Gasteiger partial charge is 0.363 e. The van der Waals surface area contributed by atoms with E-state index in [1.54, 1.807) is 24.3 Å². The van der Waals surface area contributed by atoms with Gasteiger partial charge in [-0.2, -0.15) is 18.3 Å². The van der Waals surface area contributed by atoms with Gasteiger partial charge in [0.2, 0.25) is 0 Å². The Morgan fingerprint density at radius 2 is 2.05 bits per heavy atom. The summed E-state index contributed by atoms with van der Waals surface area (Å²) in [6.45, 7) is 0. The number of H-pyrrole nitrogens is 1. The van der Waals surface area contributed by atoms with Crippen LogP contribution in [0.1, 0.15) is 34.1 Å². The molecule has 22 heavy (non-hydrogen) atoms. The first-order valence-electron chi connectivity index (χ1n) is 6.46. The Hall–Kier alpha value is -1.83. The van der Waals surface area contributed by atoms with Crippen LogP contribution in [-0.2, 0) is 6.18 Å². The lowest BCUT2D eigenvalue weighted by Crippen LogP contribution is -2.25. The number of halogens is 4. The molecule has 0 saturated heterocycles. The normalized spacial score (nSPS) is 17.7. The van der Waals surface area contributed by atoms with Crippen molar-refractivity contribution in [3.63, 3.8) is 0 Å². The monoisotopic (exact) mass is 373 g/mol. The molecule has 1 aliphatic carbocycles. The minimum absolute atomic E-state index is 0.0687. The molecule has 1 N–H and O–H groups in total. The Kier molecular flexibility index (Phi) is 3.51. The van der Waals surface area contributed by atoms with Crippen molar-refractivity contribution in [3.8, 4) is 0 Å². The summed E-state index contributed by atoms with van der Waals surface area (Å²) in [5.41, 5.74) is 0.268. The summed E-state index contributed by atoms with van der Waals surface area (Å²) in [5, 5.41) is 5.60. The van der Waals surface area contributed by atoms with Gasteiger partial charge in [0.1, 0.15) is 5.69 Å².